The number of halogens is 1. The first-order valence-electron chi connectivity index (χ1n) is 9.03. The van der Waals surface area contributed by atoms with Gasteiger partial charge < -0.3 is 5.32 Å². The van der Waals surface area contributed by atoms with Crippen LogP contribution in [0.4, 0.5) is 5.69 Å². The molecule has 4 rings (SSSR count). The monoisotopic (exact) mass is 444 g/mol. The summed E-state index contributed by atoms with van der Waals surface area (Å²) in [6.07, 6.45) is 1.59. The summed E-state index contributed by atoms with van der Waals surface area (Å²) in [5.41, 5.74) is 1.06. The van der Waals surface area contributed by atoms with Gasteiger partial charge in [0.05, 0.1) is 4.90 Å². The van der Waals surface area contributed by atoms with Gasteiger partial charge in [0.1, 0.15) is 0 Å². The topological polar surface area (TPSA) is 49.4 Å². The standard InChI is InChI=1S/C21H21BrN2O2S/c22-18-6-8-19(9-7-18)23-20-11-13-24(14-12-20)27(25,26)21-10-5-16-3-1-2-4-17(16)15-21/h1-10,15,20,23H,11-14H2. The molecule has 6 heteroatoms. The first kappa shape index (κ1) is 18.5. The highest BCUT2D eigenvalue weighted by Gasteiger charge is 2.29. The third kappa shape index (κ3) is 4.03. The molecule has 3 aromatic rings. The van der Waals surface area contributed by atoms with E-state index in [1.54, 1.807) is 16.4 Å². The van der Waals surface area contributed by atoms with Crippen LogP contribution in [0.1, 0.15) is 12.8 Å². The normalized spacial score (nSPS) is 16.5. The second kappa shape index (κ2) is 7.62. The summed E-state index contributed by atoms with van der Waals surface area (Å²) in [6, 6.07) is 21.5. The van der Waals surface area contributed by atoms with E-state index in [-0.39, 0.29) is 6.04 Å². The molecule has 0 aliphatic carbocycles. The molecule has 1 saturated heterocycles. The summed E-state index contributed by atoms with van der Waals surface area (Å²) in [7, 11) is -3.46. The minimum Gasteiger partial charge on any atom is -0.382 e. The highest BCUT2D eigenvalue weighted by molar-refractivity contribution is 9.10. The van der Waals surface area contributed by atoms with E-state index in [9.17, 15) is 8.42 Å². The van der Waals surface area contributed by atoms with Gasteiger partial charge in [0.15, 0.2) is 0 Å². The molecule has 0 unspecified atom stereocenters. The molecule has 0 spiro atoms. The fourth-order valence-electron chi connectivity index (χ4n) is 3.50. The average molecular weight is 445 g/mol. The summed E-state index contributed by atoms with van der Waals surface area (Å²) in [4.78, 5) is 0.375. The van der Waals surface area contributed by atoms with E-state index in [1.807, 2.05) is 54.6 Å². The van der Waals surface area contributed by atoms with Crippen LogP contribution in [0, 0.1) is 0 Å². The van der Waals surface area contributed by atoms with Gasteiger partial charge in [-0.3, -0.25) is 0 Å². The van der Waals surface area contributed by atoms with Crippen LogP contribution in [-0.4, -0.2) is 31.9 Å². The molecule has 1 aliphatic heterocycles. The minimum atomic E-state index is -3.46. The maximum absolute atomic E-state index is 13.0. The summed E-state index contributed by atoms with van der Waals surface area (Å²) >= 11 is 3.44. The van der Waals surface area contributed by atoms with Crippen LogP contribution in [-0.2, 0) is 10.0 Å². The van der Waals surface area contributed by atoms with Crippen molar-refractivity contribution >= 4 is 42.4 Å². The van der Waals surface area contributed by atoms with Crippen molar-refractivity contribution in [3.05, 3.63) is 71.2 Å². The Bertz CT molecular complexity index is 1040. The van der Waals surface area contributed by atoms with Crippen LogP contribution in [0.25, 0.3) is 10.8 Å². The number of hydrogen-bond acceptors (Lipinski definition) is 3. The molecule has 0 saturated carbocycles. The summed E-state index contributed by atoms with van der Waals surface area (Å²) in [5, 5.41) is 5.50. The molecule has 0 amide bonds. The van der Waals surface area contributed by atoms with Crippen molar-refractivity contribution in [2.75, 3.05) is 18.4 Å². The Morgan fingerprint density at radius 2 is 1.56 bits per heavy atom. The molecule has 27 heavy (non-hydrogen) atoms. The maximum atomic E-state index is 13.0. The SMILES string of the molecule is O=S(=O)(c1ccc2ccccc2c1)N1CCC(Nc2ccc(Br)cc2)CC1. The first-order chi connectivity index (χ1) is 13.0. The lowest BCUT2D eigenvalue weighted by molar-refractivity contribution is 0.330. The van der Waals surface area contributed by atoms with Crippen LogP contribution in [0.15, 0.2) is 76.1 Å². The molecule has 1 heterocycles. The molecule has 1 aliphatic rings. The van der Waals surface area contributed by atoms with Crippen LogP contribution in [0.3, 0.4) is 0 Å². The molecule has 1 N–H and O–H groups in total. The second-order valence-corrected chi connectivity index (χ2v) is 9.69. The van der Waals surface area contributed by atoms with Crippen molar-refractivity contribution < 1.29 is 8.42 Å². The lowest BCUT2D eigenvalue weighted by Gasteiger charge is -2.32. The van der Waals surface area contributed by atoms with Gasteiger partial charge in [0, 0.05) is 29.3 Å². The minimum absolute atomic E-state index is 0.286. The summed E-state index contributed by atoms with van der Waals surface area (Å²) < 4.78 is 28.7. The van der Waals surface area contributed by atoms with Crippen LogP contribution in [0.5, 0.6) is 0 Å². The third-order valence-corrected chi connectivity index (χ3v) is 7.45. The summed E-state index contributed by atoms with van der Waals surface area (Å²) in [5.74, 6) is 0. The van der Waals surface area contributed by atoms with E-state index >= 15 is 0 Å². The Kier molecular flexibility index (Phi) is 5.21. The Hall–Kier alpha value is -1.89. The molecule has 0 atom stereocenters. The zero-order valence-electron chi connectivity index (χ0n) is 14.8. The Balaban J connectivity index is 1.45. The van der Waals surface area contributed by atoms with E-state index in [2.05, 4.69) is 21.2 Å². The predicted molar refractivity (Wildman–Crippen MR) is 113 cm³/mol. The van der Waals surface area contributed by atoms with Crippen molar-refractivity contribution in [3.8, 4) is 0 Å². The van der Waals surface area contributed by atoms with E-state index < -0.39 is 10.0 Å². The fraction of sp³-hybridized carbons (Fsp3) is 0.238. The number of piperidine rings is 1. The van der Waals surface area contributed by atoms with Crippen LogP contribution >= 0.6 is 15.9 Å². The number of nitrogens with one attached hydrogen (secondary N) is 1. The highest BCUT2D eigenvalue weighted by Crippen LogP contribution is 2.25. The lowest BCUT2D eigenvalue weighted by atomic mass is 10.1. The molecular formula is C21H21BrN2O2S. The molecular weight excluding hydrogens is 424 g/mol. The molecule has 0 bridgehead atoms. The van der Waals surface area contributed by atoms with Crippen molar-refractivity contribution in [2.45, 2.75) is 23.8 Å². The molecule has 140 valence electrons. The number of benzene rings is 3. The molecule has 3 aromatic carbocycles. The quantitative estimate of drug-likeness (QED) is 0.624. The highest BCUT2D eigenvalue weighted by atomic mass is 79.9. The maximum Gasteiger partial charge on any atom is 0.243 e. The summed E-state index contributed by atoms with van der Waals surface area (Å²) in [6.45, 7) is 1.06. The molecule has 0 aromatic heterocycles. The van der Waals surface area contributed by atoms with Gasteiger partial charge in [0.25, 0.3) is 0 Å². The smallest absolute Gasteiger partial charge is 0.243 e. The van der Waals surface area contributed by atoms with E-state index in [0.29, 0.717) is 18.0 Å². The van der Waals surface area contributed by atoms with Gasteiger partial charge in [-0.2, -0.15) is 4.31 Å². The Morgan fingerprint density at radius 1 is 0.889 bits per heavy atom. The van der Waals surface area contributed by atoms with Crippen molar-refractivity contribution in [1.82, 2.24) is 4.31 Å². The van der Waals surface area contributed by atoms with Gasteiger partial charge in [-0.05, 0) is 60.0 Å². The lowest BCUT2D eigenvalue weighted by Crippen LogP contribution is -2.42. The first-order valence-corrected chi connectivity index (χ1v) is 11.3. The zero-order valence-corrected chi connectivity index (χ0v) is 17.2. The number of sulfonamides is 1. The van der Waals surface area contributed by atoms with Gasteiger partial charge in [0.2, 0.25) is 10.0 Å². The van der Waals surface area contributed by atoms with Gasteiger partial charge in [-0.1, -0.05) is 46.3 Å². The Labute approximate surface area is 168 Å². The van der Waals surface area contributed by atoms with Gasteiger partial charge in [-0.25, -0.2) is 8.42 Å². The fourth-order valence-corrected chi connectivity index (χ4v) is 5.27. The number of anilines is 1. The molecule has 0 radical (unpaired) electrons. The average Bonchev–Trinajstić information content (AvgIpc) is 2.70. The Morgan fingerprint density at radius 3 is 2.26 bits per heavy atom. The van der Waals surface area contributed by atoms with Crippen LogP contribution in [0.2, 0.25) is 0 Å². The third-order valence-electron chi connectivity index (χ3n) is 5.03. The van der Waals surface area contributed by atoms with Crippen LogP contribution < -0.4 is 5.32 Å². The van der Waals surface area contributed by atoms with E-state index in [0.717, 1.165) is 33.8 Å². The van der Waals surface area contributed by atoms with E-state index in [1.165, 1.54) is 0 Å². The van der Waals surface area contributed by atoms with Crippen molar-refractivity contribution in [2.24, 2.45) is 0 Å². The number of fused-ring (bicyclic) bond motifs is 1. The van der Waals surface area contributed by atoms with Crippen molar-refractivity contribution in [1.29, 1.82) is 0 Å². The number of hydrogen-bond donors (Lipinski definition) is 1. The molecule has 4 nitrogen and oxygen atoms in total. The largest absolute Gasteiger partial charge is 0.382 e. The zero-order chi connectivity index (χ0) is 18.9. The van der Waals surface area contributed by atoms with Crippen molar-refractivity contribution in [3.63, 3.8) is 0 Å². The number of nitrogens with zero attached hydrogens (tertiary/aromatic N) is 1. The van der Waals surface area contributed by atoms with E-state index in [4.69, 9.17) is 0 Å². The predicted octanol–water partition coefficient (Wildman–Crippen LogP) is 4.87. The molecule has 1 fully saturated rings. The number of rotatable bonds is 4. The van der Waals surface area contributed by atoms with Gasteiger partial charge in [-0.15, -0.1) is 0 Å². The second-order valence-electron chi connectivity index (χ2n) is 6.84. The van der Waals surface area contributed by atoms with Gasteiger partial charge >= 0.3 is 0 Å².